The number of rotatable bonds is 4. The lowest BCUT2D eigenvalue weighted by Gasteiger charge is -2.08. The zero-order valence-corrected chi connectivity index (χ0v) is 12.2. The van der Waals surface area contributed by atoms with Gasteiger partial charge in [0.2, 0.25) is 10.0 Å². The summed E-state index contributed by atoms with van der Waals surface area (Å²) in [6.45, 7) is -0.206. The number of nitrogens with zero attached hydrogens (tertiary/aromatic N) is 1. The van der Waals surface area contributed by atoms with Gasteiger partial charge in [0.05, 0.1) is 16.5 Å². The van der Waals surface area contributed by atoms with Gasteiger partial charge in [-0.05, 0) is 36.4 Å². The molecule has 0 aliphatic carbocycles. The highest BCUT2D eigenvalue weighted by Crippen LogP contribution is 2.15. The standard InChI is InChI=1S/C14H10ClFN2O2S/c15-12-3-5-13(6-4-12)21(19,20)18-9-11-2-1-10(8-17)7-14(11)16/h1-7,18H,9H2. The molecule has 0 bridgehead atoms. The summed E-state index contributed by atoms with van der Waals surface area (Å²) in [6.07, 6.45) is 0. The Kier molecular flexibility index (Phi) is 4.58. The first-order chi connectivity index (χ1) is 9.92. The molecule has 0 aromatic heterocycles. The Morgan fingerprint density at radius 2 is 1.86 bits per heavy atom. The molecule has 0 saturated heterocycles. The van der Waals surface area contributed by atoms with Crippen LogP contribution in [0.3, 0.4) is 0 Å². The van der Waals surface area contributed by atoms with Crippen molar-refractivity contribution in [3.8, 4) is 6.07 Å². The molecule has 7 heteroatoms. The number of nitrogens with one attached hydrogen (secondary N) is 1. The van der Waals surface area contributed by atoms with Crippen LogP contribution in [0.15, 0.2) is 47.4 Å². The molecule has 21 heavy (non-hydrogen) atoms. The van der Waals surface area contributed by atoms with Gasteiger partial charge in [0.1, 0.15) is 5.82 Å². The molecule has 0 radical (unpaired) electrons. The van der Waals surface area contributed by atoms with E-state index in [1.54, 1.807) is 0 Å². The SMILES string of the molecule is N#Cc1ccc(CNS(=O)(=O)c2ccc(Cl)cc2)c(F)c1. The van der Waals surface area contributed by atoms with E-state index in [9.17, 15) is 12.8 Å². The van der Waals surface area contributed by atoms with Gasteiger partial charge in [0, 0.05) is 17.1 Å². The van der Waals surface area contributed by atoms with E-state index in [4.69, 9.17) is 16.9 Å². The van der Waals surface area contributed by atoms with Crippen LogP contribution in [0.4, 0.5) is 4.39 Å². The number of hydrogen-bond acceptors (Lipinski definition) is 3. The Labute approximate surface area is 126 Å². The number of sulfonamides is 1. The number of halogens is 2. The Hall–Kier alpha value is -1.94. The molecule has 2 aromatic carbocycles. The fraction of sp³-hybridized carbons (Fsp3) is 0.0714. The Bertz CT molecular complexity index is 799. The van der Waals surface area contributed by atoms with E-state index < -0.39 is 15.8 Å². The van der Waals surface area contributed by atoms with Gasteiger partial charge in [-0.1, -0.05) is 17.7 Å². The molecule has 0 aliphatic heterocycles. The molecule has 0 unspecified atom stereocenters. The minimum Gasteiger partial charge on any atom is -0.207 e. The van der Waals surface area contributed by atoms with Gasteiger partial charge < -0.3 is 0 Å². The molecule has 1 N–H and O–H groups in total. The molecular weight excluding hydrogens is 315 g/mol. The predicted molar refractivity (Wildman–Crippen MR) is 76.6 cm³/mol. The smallest absolute Gasteiger partial charge is 0.207 e. The lowest BCUT2D eigenvalue weighted by molar-refractivity contribution is 0.574. The van der Waals surface area contributed by atoms with Gasteiger partial charge >= 0.3 is 0 Å². The Morgan fingerprint density at radius 3 is 2.43 bits per heavy atom. The lowest BCUT2D eigenvalue weighted by Crippen LogP contribution is -2.23. The second kappa shape index (κ2) is 6.22. The Morgan fingerprint density at radius 1 is 1.19 bits per heavy atom. The van der Waals surface area contributed by atoms with Gasteiger partial charge in [0.25, 0.3) is 0 Å². The highest BCUT2D eigenvalue weighted by atomic mass is 35.5. The third-order valence-electron chi connectivity index (χ3n) is 2.76. The van der Waals surface area contributed by atoms with Crippen molar-refractivity contribution in [1.82, 2.24) is 4.72 Å². The first kappa shape index (κ1) is 15.4. The fourth-order valence-corrected chi connectivity index (χ4v) is 2.76. The van der Waals surface area contributed by atoms with Crippen LogP contribution in [0.2, 0.25) is 5.02 Å². The number of benzene rings is 2. The third-order valence-corrected chi connectivity index (χ3v) is 4.43. The average molecular weight is 325 g/mol. The summed E-state index contributed by atoms with van der Waals surface area (Å²) in [4.78, 5) is 0.0425. The van der Waals surface area contributed by atoms with E-state index in [1.807, 2.05) is 6.07 Å². The largest absolute Gasteiger partial charge is 0.240 e. The first-order valence-corrected chi connectivity index (χ1v) is 7.72. The zero-order valence-electron chi connectivity index (χ0n) is 10.7. The highest BCUT2D eigenvalue weighted by molar-refractivity contribution is 7.89. The van der Waals surface area contributed by atoms with Crippen molar-refractivity contribution < 1.29 is 12.8 Å². The summed E-state index contributed by atoms with van der Waals surface area (Å²) in [6, 6.07) is 11.3. The van der Waals surface area contributed by atoms with E-state index >= 15 is 0 Å². The summed E-state index contributed by atoms with van der Waals surface area (Å²) < 4.78 is 40.0. The van der Waals surface area contributed by atoms with E-state index in [0.717, 1.165) is 6.07 Å². The van der Waals surface area contributed by atoms with Crippen molar-refractivity contribution in [1.29, 1.82) is 5.26 Å². The molecule has 108 valence electrons. The van der Waals surface area contributed by atoms with Crippen LogP contribution in [0.1, 0.15) is 11.1 Å². The topological polar surface area (TPSA) is 70.0 Å². The van der Waals surface area contributed by atoms with E-state index in [2.05, 4.69) is 4.72 Å². The molecule has 2 rings (SSSR count). The molecule has 0 saturated carbocycles. The van der Waals surface area contributed by atoms with Crippen LogP contribution in [0, 0.1) is 17.1 Å². The van der Waals surface area contributed by atoms with Crippen molar-refractivity contribution in [2.75, 3.05) is 0 Å². The van der Waals surface area contributed by atoms with Gasteiger partial charge in [-0.25, -0.2) is 17.5 Å². The minimum absolute atomic E-state index is 0.0425. The molecule has 0 amide bonds. The number of nitriles is 1. The summed E-state index contributed by atoms with van der Waals surface area (Å²) in [7, 11) is -3.75. The molecule has 0 aliphatic rings. The summed E-state index contributed by atoms with van der Waals surface area (Å²) in [5.41, 5.74) is 0.336. The van der Waals surface area contributed by atoms with Crippen molar-refractivity contribution in [2.45, 2.75) is 11.4 Å². The summed E-state index contributed by atoms with van der Waals surface area (Å²) >= 11 is 5.69. The maximum absolute atomic E-state index is 13.7. The van der Waals surface area contributed by atoms with Crippen molar-refractivity contribution >= 4 is 21.6 Å². The lowest BCUT2D eigenvalue weighted by atomic mass is 10.1. The second-order valence-electron chi connectivity index (χ2n) is 4.20. The molecule has 0 atom stereocenters. The summed E-state index contributed by atoms with van der Waals surface area (Å²) in [5.74, 6) is -0.632. The minimum atomic E-state index is -3.75. The monoisotopic (exact) mass is 324 g/mol. The van der Waals surface area contributed by atoms with Gasteiger partial charge in [0.15, 0.2) is 0 Å². The second-order valence-corrected chi connectivity index (χ2v) is 6.40. The molecule has 0 heterocycles. The fourth-order valence-electron chi connectivity index (χ4n) is 1.63. The van der Waals surface area contributed by atoms with E-state index in [0.29, 0.717) is 5.02 Å². The van der Waals surface area contributed by atoms with Crippen LogP contribution >= 0.6 is 11.6 Å². The van der Waals surface area contributed by atoms with Crippen LogP contribution in [-0.2, 0) is 16.6 Å². The third kappa shape index (κ3) is 3.79. The predicted octanol–water partition coefficient (Wildman–Crippen LogP) is 2.83. The summed E-state index contributed by atoms with van der Waals surface area (Å²) in [5, 5.41) is 9.07. The van der Waals surface area contributed by atoms with Crippen LogP contribution in [-0.4, -0.2) is 8.42 Å². The van der Waals surface area contributed by atoms with Crippen molar-refractivity contribution in [3.63, 3.8) is 0 Å². The molecule has 2 aromatic rings. The normalized spacial score (nSPS) is 11.1. The average Bonchev–Trinajstić information content (AvgIpc) is 2.46. The maximum Gasteiger partial charge on any atom is 0.240 e. The zero-order chi connectivity index (χ0) is 15.5. The van der Waals surface area contributed by atoms with E-state index in [-0.39, 0.29) is 22.6 Å². The Balaban J connectivity index is 2.15. The molecule has 0 fully saturated rings. The molecular formula is C14H10ClFN2O2S. The van der Waals surface area contributed by atoms with E-state index in [1.165, 1.54) is 36.4 Å². The van der Waals surface area contributed by atoms with Crippen LogP contribution in [0.5, 0.6) is 0 Å². The quantitative estimate of drug-likeness (QED) is 0.940. The maximum atomic E-state index is 13.7. The number of hydrogen-bond donors (Lipinski definition) is 1. The highest BCUT2D eigenvalue weighted by Gasteiger charge is 2.14. The van der Waals surface area contributed by atoms with Gasteiger partial charge in [-0.2, -0.15) is 5.26 Å². The van der Waals surface area contributed by atoms with Crippen LogP contribution in [0.25, 0.3) is 0 Å². The van der Waals surface area contributed by atoms with Gasteiger partial charge in [-0.3, -0.25) is 0 Å². The van der Waals surface area contributed by atoms with Gasteiger partial charge in [-0.15, -0.1) is 0 Å². The molecule has 4 nitrogen and oxygen atoms in total. The van der Waals surface area contributed by atoms with Crippen molar-refractivity contribution in [2.24, 2.45) is 0 Å². The van der Waals surface area contributed by atoms with Crippen LogP contribution < -0.4 is 4.72 Å². The molecule has 0 spiro atoms. The van der Waals surface area contributed by atoms with Crippen molar-refractivity contribution in [3.05, 3.63) is 64.4 Å². The first-order valence-electron chi connectivity index (χ1n) is 5.86.